The standard InChI is InChI=1S/C32H38FN5O5/c1-21(2)38-29-27(31(39)36(32(38)40)16-8-18-42-26-11-6-7-17-41-26)37(19-22-9-4-3-5-10-22)28(35-29)24-14-15-25(33)34-30(24)43-20-23-12-13-23/h3-5,9-10,14-15,21,23,26H,6-8,11-13,16-20H2,1-2H3. The monoisotopic (exact) mass is 591 g/mol. The number of hydrogen-bond acceptors (Lipinski definition) is 7. The molecule has 1 aromatic carbocycles. The van der Waals surface area contributed by atoms with Gasteiger partial charge in [-0.3, -0.25) is 13.9 Å². The summed E-state index contributed by atoms with van der Waals surface area (Å²) in [5.74, 6) is 0.270. The molecule has 1 saturated carbocycles. The maximum absolute atomic E-state index is 14.3. The molecule has 2 aliphatic rings. The molecule has 0 amide bonds. The van der Waals surface area contributed by atoms with Gasteiger partial charge < -0.3 is 18.8 Å². The summed E-state index contributed by atoms with van der Waals surface area (Å²) in [5, 5.41) is 0. The van der Waals surface area contributed by atoms with Crippen LogP contribution in [0.4, 0.5) is 4.39 Å². The Labute approximate surface area is 249 Å². The highest BCUT2D eigenvalue weighted by Crippen LogP contribution is 2.34. The van der Waals surface area contributed by atoms with Gasteiger partial charge in [-0.1, -0.05) is 30.3 Å². The van der Waals surface area contributed by atoms with Crippen molar-refractivity contribution < 1.29 is 18.6 Å². The van der Waals surface area contributed by atoms with E-state index in [0.29, 0.717) is 55.6 Å². The van der Waals surface area contributed by atoms with Crippen LogP contribution in [0.1, 0.15) is 64.0 Å². The normalized spacial score (nSPS) is 17.2. The topological polar surface area (TPSA) is 102 Å². The Hall–Kier alpha value is -3.83. The van der Waals surface area contributed by atoms with E-state index in [9.17, 15) is 14.0 Å². The third-order valence-corrected chi connectivity index (χ3v) is 7.95. The second-order valence-electron chi connectivity index (χ2n) is 11.6. The molecule has 1 atom stereocenters. The first-order chi connectivity index (χ1) is 20.9. The molecule has 11 heteroatoms. The van der Waals surface area contributed by atoms with Crippen molar-refractivity contribution in [3.63, 3.8) is 0 Å². The van der Waals surface area contributed by atoms with Crippen molar-refractivity contribution in [3.8, 4) is 17.3 Å². The fourth-order valence-electron chi connectivity index (χ4n) is 5.50. The molecule has 228 valence electrons. The molecule has 3 aromatic heterocycles. The lowest BCUT2D eigenvalue weighted by Gasteiger charge is -2.22. The zero-order chi connectivity index (χ0) is 29.9. The molecule has 0 N–H and O–H groups in total. The Bertz CT molecular complexity index is 1690. The van der Waals surface area contributed by atoms with Gasteiger partial charge in [-0.25, -0.2) is 9.78 Å². The number of fused-ring (bicyclic) bond motifs is 1. The summed E-state index contributed by atoms with van der Waals surface area (Å²) >= 11 is 0. The average Bonchev–Trinajstić information content (AvgIpc) is 3.77. The third-order valence-electron chi connectivity index (χ3n) is 7.95. The van der Waals surface area contributed by atoms with Crippen molar-refractivity contribution in [2.24, 2.45) is 5.92 Å². The molecule has 1 aliphatic heterocycles. The highest BCUT2D eigenvalue weighted by atomic mass is 19.1. The predicted molar refractivity (Wildman–Crippen MR) is 160 cm³/mol. The number of hydrogen-bond donors (Lipinski definition) is 0. The number of imidazole rings is 1. The van der Waals surface area contributed by atoms with Crippen LogP contribution in [0, 0.1) is 11.9 Å². The quantitative estimate of drug-likeness (QED) is 0.170. The van der Waals surface area contributed by atoms with Gasteiger partial charge in [-0.05, 0) is 76.0 Å². The van der Waals surface area contributed by atoms with Crippen LogP contribution in [0.3, 0.4) is 0 Å². The molecule has 2 fully saturated rings. The van der Waals surface area contributed by atoms with Crippen LogP contribution in [0.15, 0.2) is 52.1 Å². The van der Waals surface area contributed by atoms with Gasteiger partial charge in [0.05, 0.1) is 18.8 Å². The molecular weight excluding hydrogens is 553 g/mol. The lowest BCUT2D eigenvalue weighted by molar-refractivity contribution is -0.163. The van der Waals surface area contributed by atoms with Gasteiger partial charge >= 0.3 is 5.69 Å². The number of halogens is 1. The summed E-state index contributed by atoms with van der Waals surface area (Å²) in [6.07, 6.45) is 5.30. The Morgan fingerprint density at radius 2 is 1.84 bits per heavy atom. The maximum atomic E-state index is 14.3. The van der Waals surface area contributed by atoms with Gasteiger partial charge in [-0.15, -0.1) is 0 Å². The maximum Gasteiger partial charge on any atom is 0.332 e. The van der Waals surface area contributed by atoms with Gasteiger partial charge in [0.25, 0.3) is 5.56 Å². The number of ether oxygens (including phenoxy) is 3. The van der Waals surface area contributed by atoms with E-state index < -0.39 is 17.2 Å². The summed E-state index contributed by atoms with van der Waals surface area (Å²) in [6, 6.07) is 12.3. The van der Waals surface area contributed by atoms with Gasteiger partial charge in [-0.2, -0.15) is 9.37 Å². The van der Waals surface area contributed by atoms with Crippen LogP contribution in [0.5, 0.6) is 5.88 Å². The second-order valence-corrected chi connectivity index (χ2v) is 11.6. The van der Waals surface area contributed by atoms with Crippen molar-refractivity contribution in [2.75, 3.05) is 19.8 Å². The van der Waals surface area contributed by atoms with Crippen LogP contribution >= 0.6 is 0 Å². The van der Waals surface area contributed by atoms with Crippen LogP contribution in [-0.2, 0) is 22.6 Å². The molecule has 1 aliphatic carbocycles. The summed E-state index contributed by atoms with van der Waals surface area (Å²) < 4.78 is 36.4. The van der Waals surface area contributed by atoms with Crippen molar-refractivity contribution in [2.45, 2.75) is 77.8 Å². The molecule has 43 heavy (non-hydrogen) atoms. The first-order valence-corrected chi connectivity index (χ1v) is 15.2. The molecule has 6 rings (SSSR count). The van der Waals surface area contributed by atoms with Crippen LogP contribution in [-0.4, -0.2) is 49.8 Å². The van der Waals surface area contributed by atoms with E-state index in [2.05, 4.69) is 4.98 Å². The van der Waals surface area contributed by atoms with E-state index in [1.54, 1.807) is 15.2 Å². The molecule has 1 saturated heterocycles. The van der Waals surface area contributed by atoms with E-state index >= 15 is 0 Å². The second kappa shape index (κ2) is 12.8. The van der Waals surface area contributed by atoms with E-state index in [1.165, 1.54) is 10.6 Å². The van der Waals surface area contributed by atoms with Crippen LogP contribution in [0.25, 0.3) is 22.6 Å². The zero-order valence-corrected chi connectivity index (χ0v) is 24.7. The first kappa shape index (κ1) is 29.3. The lowest BCUT2D eigenvalue weighted by Crippen LogP contribution is -2.41. The SMILES string of the molecule is CC(C)n1c(=O)n(CCCOC2CCCCO2)c(=O)c2c1nc(-c1ccc(F)nc1OCC1CC1)n2Cc1ccccc1. The van der Waals surface area contributed by atoms with Gasteiger partial charge in [0, 0.05) is 25.7 Å². The number of nitrogens with zero attached hydrogens (tertiary/aromatic N) is 5. The summed E-state index contributed by atoms with van der Waals surface area (Å²) in [6.45, 7) is 5.75. The molecule has 10 nitrogen and oxygen atoms in total. The number of benzene rings is 1. The molecular formula is C32H38FN5O5. The molecule has 4 aromatic rings. The van der Waals surface area contributed by atoms with Gasteiger partial charge in [0.2, 0.25) is 11.8 Å². The summed E-state index contributed by atoms with van der Waals surface area (Å²) in [5.41, 5.74) is 1.10. The Kier molecular flexibility index (Phi) is 8.71. The summed E-state index contributed by atoms with van der Waals surface area (Å²) in [4.78, 5) is 36.9. The molecule has 1 unspecified atom stereocenters. The zero-order valence-electron chi connectivity index (χ0n) is 24.7. The lowest BCUT2D eigenvalue weighted by atomic mass is 10.2. The Morgan fingerprint density at radius 3 is 2.56 bits per heavy atom. The van der Waals surface area contributed by atoms with E-state index in [4.69, 9.17) is 19.2 Å². The number of rotatable bonds is 12. The minimum Gasteiger partial charge on any atom is -0.477 e. The highest BCUT2D eigenvalue weighted by molar-refractivity contribution is 5.78. The first-order valence-electron chi connectivity index (χ1n) is 15.2. The van der Waals surface area contributed by atoms with Crippen LogP contribution in [0.2, 0.25) is 0 Å². The fraction of sp³-hybridized carbons (Fsp3) is 0.500. The van der Waals surface area contributed by atoms with Crippen molar-refractivity contribution in [1.29, 1.82) is 0 Å². The average molecular weight is 592 g/mol. The predicted octanol–water partition coefficient (Wildman–Crippen LogP) is 4.91. The van der Waals surface area contributed by atoms with Crippen molar-refractivity contribution >= 4 is 11.2 Å². The van der Waals surface area contributed by atoms with E-state index in [1.807, 2.05) is 44.2 Å². The summed E-state index contributed by atoms with van der Waals surface area (Å²) in [7, 11) is 0. The third kappa shape index (κ3) is 6.42. The minimum atomic E-state index is -0.664. The Morgan fingerprint density at radius 1 is 1.02 bits per heavy atom. The molecule has 0 radical (unpaired) electrons. The van der Waals surface area contributed by atoms with Gasteiger partial charge in [0.1, 0.15) is 5.82 Å². The fourth-order valence-corrected chi connectivity index (χ4v) is 5.50. The molecule has 0 bridgehead atoms. The van der Waals surface area contributed by atoms with Crippen molar-refractivity contribution in [3.05, 3.63) is 74.8 Å². The minimum absolute atomic E-state index is 0.123. The smallest absolute Gasteiger partial charge is 0.332 e. The van der Waals surface area contributed by atoms with Crippen molar-refractivity contribution in [1.82, 2.24) is 23.7 Å². The van der Waals surface area contributed by atoms with Crippen LogP contribution < -0.4 is 16.0 Å². The Balaban J connectivity index is 1.45. The molecule has 4 heterocycles. The van der Waals surface area contributed by atoms with Gasteiger partial charge in [0.15, 0.2) is 17.5 Å². The highest BCUT2D eigenvalue weighted by Gasteiger charge is 2.27. The largest absolute Gasteiger partial charge is 0.477 e. The van der Waals surface area contributed by atoms with E-state index in [0.717, 1.165) is 37.7 Å². The number of pyridine rings is 1. The molecule has 0 spiro atoms. The van der Waals surface area contributed by atoms with E-state index in [-0.39, 0.29) is 30.4 Å². The number of aromatic nitrogens is 5.